The van der Waals surface area contributed by atoms with Gasteiger partial charge in [0.25, 0.3) is 0 Å². The minimum Gasteiger partial charge on any atom is -0.462 e. The van der Waals surface area contributed by atoms with E-state index in [1.807, 2.05) is 0 Å². The smallest absolute Gasteiger partial charge is 0.348 e. The monoisotopic (exact) mass is 341 g/mol. The van der Waals surface area contributed by atoms with Crippen molar-refractivity contribution in [1.29, 1.82) is 0 Å². The predicted molar refractivity (Wildman–Crippen MR) is 83.2 cm³/mol. The Bertz CT molecular complexity index is 682. The Morgan fingerprint density at radius 1 is 1.50 bits per heavy atom. The van der Waals surface area contributed by atoms with Crippen molar-refractivity contribution in [3.05, 3.63) is 16.5 Å². The van der Waals surface area contributed by atoms with Gasteiger partial charge in [-0.25, -0.2) is 9.48 Å². The van der Waals surface area contributed by atoms with E-state index in [2.05, 4.69) is 20.8 Å². The summed E-state index contributed by atoms with van der Waals surface area (Å²) in [5, 5.41) is 14.9. The molecule has 0 aliphatic carbocycles. The minimum atomic E-state index is -0.370. The molecule has 0 aliphatic rings. The second-order valence-corrected chi connectivity index (χ2v) is 6.26. The van der Waals surface area contributed by atoms with Crippen LogP contribution in [0.4, 0.5) is 5.00 Å². The molecule has 0 radical (unpaired) electrons. The Morgan fingerprint density at radius 3 is 2.91 bits per heavy atom. The lowest BCUT2D eigenvalue weighted by atomic mass is 10.3. The number of carbonyl (C=O) groups excluding carboxylic acids is 2. The van der Waals surface area contributed by atoms with Crippen LogP contribution in [0.15, 0.2) is 11.2 Å². The van der Waals surface area contributed by atoms with Gasteiger partial charge in [0, 0.05) is 7.05 Å². The highest BCUT2D eigenvalue weighted by Gasteiger charge is 2.16. The fourth-order valence-corrected chi connectivity index (χ4v) is 3.22. The van der Waals surface area contributed by atoms with Crippen LogP contribution in [0.1, 0.15) is 22.2 Å². The molecule has 0 aromatic carbocycles. The van der Waals surface area contributed by atoms with Gasteiger partial charge in [-0.05, 0) is 35.9 Å². The Labute approximate surface area is 135 Å². The van der Waals surface area contributed by atoms with Gasteiger partial charge in [-0.15, -0.1) is 16.4 Å². The van der Waals surface area contributed by atoms with Gasteiger partial charge in [-0.2, -0.15) is 0 Å². The van der Waals surface area contributed by atoms with Crippen LogP contribution < -0.4 is 5.32 Å². The number of ether oxygens (including phenoxy) is 1. The van der Waals surface area contributed by atoms with E-state index in [-0.39, 0.29) is 17.6 Å². The van der Waals surface area contributed by atoms with Crippen LogP contribution in [-0.2, 0) is 16.6 Å². The van der Waals surface area contributed by atoms with E-state index >= 15 is 0 Å². The molecule has 0 saturated heterocycles. The van der Waals surface area contributed by atoms with Gasteiger partial charge in [0.2, 0.25) is 11.1 Å². The van der Waals surface area contributed by atoms with Crippen LogP contribution in [0, 0.1) is 6.92 Å². The SMILES string of the molecule is CCOC(=O)c1sc(NC(=O)CSc2nnnn2C)cc1C. The highest BCUT2D eigenvalue weighted by Crippen LogP contribution is 2.27. The summed E-state index contributed by atoms with van der Waals surface area (Å²) in [6.45, 7) is 3.88. The van der Waals surface area contributed by atoms with Crippen LogP contribution in [0.5, 0.6) is 0 Å². The maximum atomic E-state index is 11.9. The summed E-state index contributed by atoms with van der Waals surface area (Å²) < 4.78 is 6.46. The Balaban J connectivity index is 1.93. The van der Waals surface area contributed by atoms with E-state index in [0.717, 1.165) is 5.56 Å². The summed E-state index contributed by atoms with van der Waals surface area (Å²) >= 11 is 2.44. The Morgan fingerprint density at radius 2 is 2.27 bits per heavy atom. The summed E-state index contributed by atoms with van der Waals surface area (Å²) in [7, 11) is 1.70. The van der Waals surface area contributed by atoms with Crippen molar-refractivity contribution in [1.82, 2.24) is 20.2 Å². The van der Waals surface area contributed by atoms with Gasteiger partial charge < -0.3 is 10.1 Å². The number of nitrogens with one attached hydrogen (secondary N) is 1. The molecule has 0 aliphatic heterocycles. The lowest BCUT2D eigenvalue weighted by molar-refractivity contribution is -0.113. The molecule has 22 heavy (non-hydrogen) atoms. The van der Waals surface area contributed by atoms with Gasteiger partial charge in [0.1, 0.15) is 4.88 Å². The number of amides is 1. The third-order valence-electron chi connectivity index (χ3n) is 2.55. The number of hydrogen-bond donors (Lipinski definition) is 1. The fourth-order valence-electron chi connectivity index (χ4n) is 1.59. The molecule has 2 heterocycles. The molecule has 1 N–H and O–H groups in total. The van der Waals surface area contributed by atoms with Crippen molar-refractivity contribution in [3.63, 3.8) is 0 Å². The van der Waals surface area contributed by atoms with Crippen molar-refractivity contribution in [2.24, 2.45) is 7.05 Å². The van der Waals surface area contributed by atoms with Crippen molar-refractivity contribution in [2.75, 3.05) is 17.7 Å². The lowest BCUT2D eigenvalue weighted by Gasteiger charge is -2.01. The number of aromatic nitrogens is 4. The summed E-state index contributed by atoms with van der Waals surface area (Å²) in [6.07, 6.45) is 0. The molecule has 8 nitrogen and oxygen atoms in total. The number of anilines is 1. The zero-order valence-corrected chi connectivity index (χ0v) is 14.0. The largest absolute Gasteiger partial charge is 0.462 e. The van der Waals surface area contributed by atoms with Crippen LogP contribution in [0.3, 0.4) is 0 Å². The minimum absolute atomic E-state index is 0.180. The molecule has 10 heteroatoms. The molecular weight excluding hydrogens is 326 g/mol. The zero-order chi connectivity index (χ0) is 16.1. The third kappa shape index (κ3) is 4.04. The molecule has 0 saturated carbocycles. The molecule has 0 fully saturated rings. The first kappa shape index (κ1) is 16.4. The van der Waals surface area contributed by atoms with Crippen LogP contribution in [0.2, 0.25) is 0 Å². The van der Waals surface area contributed by atoms with Gasteiger partial charge in [-0.1, -0.05) is 11.8 Å². The van der Waals surface area contributed by atoms with E-state index in [9.17, 15) is 9.59 Å². The first-order valence-corrected chi connectivity index (χ1v) is 8.24. The quantitative estimate of drug-likeness (QED) is 0.627. The van der Waals surface area contributed by atoms with Crippen molar-refractivity contribution in [2.45, 2.75) is 19.0 Å². The maximum Gasteiger partial charge on any atom is 0.348 e. The second-order valence-electron chi connectivity index (χ2n) is 4.27. The van der Waals surface area contributed by atoms with Crippen molar-refractivity contribution < 1.29 is 14.3 Å². The van der Waals surface area contributed by atoms with Crippen LogP contribution >= 0.6 is 23.1 Å². The van der Waals surface area contributed by atoms with E-state index in [4.69, 9.17) is 4.74 Å². The molecule has 0 atom stereocenters. The lowest BCUT2D eigenvalue weighted by Crippen LogP contribution is -2.13. The highest BCUT2D eigenvalue weighted by atomic mass is 32.2. The summed E-state index contributed by atoms with van der Waals surface area (Å²) in [5.74, 6) is -0.380. The average Bonchev–Trinajstić information content (AvgIpc) is 3.03. The van der Waals surface area contributed by atoms with Crippen molar-refractivity contribution in [3.8, 4) is 0 Å². The average molecular weight is 341 g/mol. The fraction of sp³-hybridized carbons (Fsp3) is 0.417. The normalized spacial score (nSPS) is 10.5. The van der Waals surface area contributed by atoms with Crippen LogP contribution in [0.25, 0.3) is 0 Å². The van der Waals surface area contributed by atoms with Gasteiger partial charge in [0.05, 0.1) is 17.4 Å². The summed E-state index contributed by atoms with van der Waals surface area (Å²) in [5.41, 5.74) is 0.781. The highest BCUT2D eigenvalue weighted by molar-refractivity contribution is 7.99. The maximum absolute atomic E-state index is 11.9. The topological polar surface area (TPSA) is 99.0 Å². The Hall–Kier alpha value is -1.94. The molecule has 1 amide bonds. The molecule has 2 aromatic heterocycles. The number of esters is 1. The number of aryl methyl sites for hydroxylation is 2. The van der Waals surface area contributed by atoms with E-state index in [1.54, 1.807) is 27.0 Å². The molecule has 0 spiro atoms. The number of carbonyl (C=O) groups is 2. The molecule has 0 unspecified atom stereocenters. The second kappa shape index (κ2) is 7.36. The predicted octanol–water partition coefficient (Wildman–Crippen LogP) is 1.49. The molecule has 0 bridgehead atoms. The van der Waals surface area contributed by atoms with Crippen molar-refractivity contribution >= 4 is 40.0 Å². The molecule has 2 aromatic rings. The first-order valence-electron chi connectivity index (χ1n) is 6.43. The Kier molecular flexibility index (Phi) is 5.50. The number of thioether (sulfide) groups is 1. The van der Waals surface area contributed by atoms with Crippen LogP contribution in [-0.4, -0.2) is 44.4 Å². The van der Waals surface area contributed by atoms with Gasteiger partial charge in [-0.3, -0.25) is 4.79 Å². The number of tetrazole rings is 1. The van der Waals surface area contributed by atoms with E-state index in [1.165, 1.54) is 27.8 Å². The number of thiophene rings is 1. The van der Waals surface area contributed by atoms with E-state index < -0.39 is 0 Å². The number of nitrogens with zero attached hydrogens (tertiary/aromatic N) is 4. The molecule has 2 rings (SSSR count). The molecular formula is C12H15N5O3S2. The number of rotatable bonds is 6. The first-order chi connectivity index (χ1) is 10.5. The van der Waals surface area contributed by atoms with Gasteiger partial charge in [0.15, 0.2) is 0 Å². The summed E-state index contributed by atoms with van der Waals surface area (Å²) in [4.78, 5) is 24.1. The summed E-state index contributed by atoms with van der Waals surface area (Å²) in [6, 6.07) is 1.75. The van der Waals surface area contributed by atoms with E-state index in [0.29, 0.717) is 21.6 Å². The molecule has 118 valence electrons. The number of hydrogen-bond acceptors (Lipinski definition) is 8. The van der Waals surface area contributed by atoms with Gasteiger partial charge >= 0.3 is 5.97 Å². The zero-order valence-electron chi connectivity index (χ0n) is 12.3. The standard InChI is InChI=1S/C12H15N5O3S2/c1-4-20-11(19)10-7(2)5-9(22-10)13-8(18)6-21-12-14-15-16-17(12)3/h5H,4,6H2,1-3H3,(H,13,18). The third-order valence-corrected chi connectivity index (χ3v) is 4.70.